The maximum atomic E-state index is 6.00. The van der Waals surface area contributed by atoms with Crippen molar-refractivity contribution in [1.29, 1.82) is 0 Å². The summed E-state index contributed by atoms with van der Waals surface area (Å²) in [5.41, 5.74) is 1.96. The number of halogens is 1. The van der Waals surface area contributed by atoms with Crippen LogP contribution in [0.3, 0.4) is 0 Å². The van der Waals surface area contributed by atoms with Crippen molar-refractivity contribution in [2.45, 2.75) is 13.2 Å². The van der Waals surface area contributed by atoms with Crippen LogP contribution in [0.4, 0.5) is 5.95 Å². The second kappa shape index (κ2) is 7.93. The highest BCUT2D eigenvalue weighted by Crippen LogP contribution is 2.38. The molecule has 10 heteroatoms. The van der Waals surface area contributed by atoms with Crippen LogP contribution in [0.1, 0.15) is 11.1 Å². The van der Waals surface area contributed by atoms with Crippen molar-refractivity contribution in [3.8, 4) is 23.0 Å². The second-order valence-electron chi connectivity index (χ2n) is 6.06. The summed E-state index contributed by atoms with van der Waals surface area (Å²) in [6.07, 6.45) is 0. The van der Waals surface area contributed by atoms with Crippen LogP contribution < -0.4 is 24.3 Å². The van der Waals surface area contributed by atoms with E-state index in [2.05, 4.69) is 36.8 Å². The zero-order chi connectivity index (χ0) is 19.5. The van der Waals surface area contributed by atoms with Crippen molar-refractivity contribution in [2.75, 3.05) is 19.2 Å². The van der Waals surface area contributed by atoms with E-state index >= 15 is 0 Å². The Morgan fingerprint density at radius 2 is 2.04 bits per heavy atom. The summed E-state index contributed by atoms with van der Waals surface area (Å²) >= 11 is 3.57. The molecule has 0 saturated carbocycles. The molecule has 9 nitrogen and oxygen atoms in total. The number of nitrogens with zero attached hydrogens (tertiary/aromatic N) is 4. The van der Waals surface area contributed by atoms with E-state index in [4.69, 9.17) is 18.9 Å². The fourth-order valence-electron chi connectivity index (χ4n) is 2.76. The van der Waals surface area contributed by atoms with Crippen molar-refractivity contribution in [3.63, 3.8) is 0 Å². The van der Waals surface area contributed by atoms with Gasteiger partial charge in [-0.05, 0) is 61.7 Å². The molecule has 0 saturated heterocycles. The van der Waals surface area contributed by atoms with Crippen molar-refractivity contribution < 1.29 is 18.9 Å². The first-order chi connectivity index (χ1) is 13.6. The second-order valence-corrected chi connectivity index (χ2v) is 6.92. The van der Waals surface area contributed by atoms with E-state index in [1.54, 1.807) is 18.8 Å². The molecular weight excluding hydrogens is 430 g/mol. The zero-order valence-corrected chi connectivity index (χ0v) is 16.9. The van der Waals surface area contributed by atoms with Crippen LogP contribution in [0.5, 0.6) is 23.0 Å². The van der Waals surface area contributed by atoms with Crippen LogP contribution in [-0.4, -0.2) is 34.1 Å². The van der Waals surface area contributed by atoms with Crippen molar-refractivity contribution in [3.05, 3.63) is 45.9 Å². The van der Waals surface area contributed by atoms with E-state index in [1.165, 1.54) is 0 Å². The lowest BCUT2D eigenvalue weighted by molar-refractivity contribution is 0.174. The molecule has 0 radical (unpaired) electrons. The van der Waals surface area contributed by atoms with Gasteiger partial charge in [0.25, 0.3) is 0 Å². The van der Waals surface area contributed by atoms with Gasteiger partial charge < -0.3 is 24.3 Å². The maximum Gasteiger partial charge on any atom is 0.242 e. The summed E-state index contributed by atoms with van der Waals surface area (Å²) in [5.74, 6) is 3.31. The molecule has 0 fully saturated rings. The number of methoxy groups -OCH3 is 1. The first kappa shape index (κ1) is 18.4. The molecule has 1 aliphatic rings. The standard InChI is InChI=1S/C18H18BrN5O4/c1-24-18(21-22-23-24)20-8-12-5-13(19)17(16(7-12)25-2)26-9-11-3-4-14-15(6-11)28-10-27-14/h3-7H,8-10H2,1-2H3,(H,20,21,23). The average Bonchev–Trinajstić information content (AvgIpc) is 3.33. The molecule has 1 N–H and O–H groups in total. The third-order valence-corrected chi connectivity index (χ3v) is 4.77. The monoisotopic (exact) mass is 447 g/mol. The third-order valence-electron chi connectivity index (χ3n) is 4.18. The molecule has 0 bridgehead atoms. The first-order valence-corrected chi connectivity index (χ1v) is 9.27. The predicted molar refractivity (Wildman–Crippen MR) is 104 cm³/mol. The Bertz CT molecular complexity index is 994. The summed E-state index contributed by atoms with van der Waals surface area (Å²) in [6, 6.07) is 9.62. The largest absolute Gasteiger partial charge is 0.493 e. The maximum absolute atomic E-state index is 6.00. The van der Waals surface area contributed by atoms with Crippen LogP contribution in [-0.2, 0) is 20.2 Å². The van der Waals surface area contributed by atoms with Gasteiger partial charge in [-0.1, -0.05) is 11.2 Å². The fraction of sp³-hybridized carbons (Fsp3) is 0.278. The van der Waals surface area contributed by atoms with Crippen LogP contribution in [0.25, 0.3) is 0 Å². The number of anilines is 1. The van der Waals surface area contributed by atoms with Gasteiger partial charge in [0, 0.05) is 13.6 Å². The van der Waals surface area contributed by atoms with Crippen molar-refractivity contribution >= 4 is 21.9 Å². The van der Waals surface area contributed by atoms with Crippen LogP contribution in [0.15, 0.2) is 34.8 Å². The molecule has 0 spiro atoms. The summed E-state index contributed by atoms with van der Waals surface area (Å²) in [6.45, 7) is 1.15. The van der Waals surface area contributed by atoms with Gasteiger partial charge in [0.15, 0.2) is 23.0 Å². The molecule has 3 aromatic rings. The van der Waals surface area contributed by atoms with E-state index in [0.717, 1.165) is 27.1 Å². The Hall–Kier alpha value is -3.01. The lowest BCUT2D eigenvalue weighted by Crippen LogP contribution is -2.06. The Kier molecular flexibility index (Phi) is 5.20. The quantitative estimate of drug-likeness (QED) is 0.590. The number of aromatic nitrogens is 4. The van der Waals surface area contributed by atoms with Gasteiger partial charge in [-0.15, -0.1) is 0 Å². The Morgan fingerprint density at radius 1 is 1.18 bits per heavy atom. The Morgan fingerprint density at radius 3 is 2.82 bits per heavy atom. The van der Waals surface area contributed by atoms with Crippen LogP contribution in [0.2, 0.25) is 0 Å². The molecule has 146 valence electrons. The predicted octanol–water partition coefficient (Wildman–Crippen LogP) is 2.90. The van der Waals surface area contributed by atoms with Gasteiger partial charge in [-0.3, -0.25) is 0 Å². The van der Waals surface area contributed by atoms with Gasteiger partial charge in [0.1, 0.15) is 6.61 Å². The smallest absolute Gasteiger partial charge is 0.242 e. The van der Waals surface area contributed by atoms with Crippen LogP contribution in [0, 0.1) is 0 Å². The van der Waals surface area contributed by atoms with Crippen LogP contribution >= 0.6 is 15.9 Å². The third kappa shape index (κ3) is 3.81. The van der Waals surface area contributed by atoms with Crippen molar-refractivity contribution in [1.82, 2.24) is 20.2 Å². The van der Waals surface area contributed by atoms with E-state index in [9.17, 15) is 0 Å². The summed E-state index contributed by atoms with van der Waals surface area (Å²) in [4.78, 5) is 0. The van der Waals surface area contributed by atoms with Gasteiger partial charge in [0.2, 0.25) is 12.7 Å². The number of hydrogen-bond donors (Lipinski definition) is 1. The number of benzene rings is 2. The molecule has 0 unspecified atom stereocenters. The first-order valence-electron chi connectivity index (χ1n) is 8.48. The van der Waals surface area contributed by atoms with Gasteiger partial charge in [0.05, 0.1) is 11.6 Å². The number of ether oxygens (including phenoxy) is 4. The number of nitrogens with one attached hydrogen (secondary N) is 1. The molecular formula is C18H18BrN5O4. The minimum absolute atomic E-state index is 0.249. The Labute approximate surface area is 169 Å². The SMILES string of the molecule is COc1cc(CNc2nnnn2C)cc(Br)c1OCc1ccc2c(c1)OCO2. The van der Waals surface area contributed by atoms with Crippen molar-refractivity contribution in [2.24, 2.45) is 7.05 Å². The molecule has 2 heterocycles. The van der Waals surface area contributed by atoms with E-state index in [0.29, 0.717) is 30.6 Å². The molecule has 28 heavy (non-hydrogen) atoms. The number of fused-ring (bicyclic) bond motifs is 1. The molecule has 0 aliphatic carbocycles. The number of rotatable bonds is 7. The molecule has 4 rings (SSSR count). The van der Waals surface area contributed by atoms with E-state index < -0.39 is 0 Å². The molecule has 1 aliphatic heterocycles. The highest BCUT2D eigenvalue weighted by Gasteiger charge is 2.16. The minimum Gasteiger partial charge on any atom is -0.493 e. The lowest BCUT2D eigenvalue weighted by Gasteiger charge is -2.15. The molecule has 0 atom stereocenters. The number of hydrogen-bond acceptors (Lipinski definition) is 8. The fourth-order valence-corrected chi connectivity index (χ4v) is 3.37. The lowest BCUT2D eigenvalue weighted by atomic mass is 10.2. The molecule has 1 aromatic heterocycles. The topological polar surface area (TPSA) is 92.6 Å². The number of aryl methyl sites for hydroxylation is 1. The highest BCUT2D eigenvalue weighted by molar-refractivity contribution is 9.10. The minimum atomic E-state index is 0.249. The van der Waals surface area contributed by atoms with Gasteiger partial charge >= 0.3 is 0 Å². The van der Waals surface area contributed by atoms with Gasteiger partial charge in [-0.2, -0.15) is 0 Å². The normalized spacial score (nSPS) is 12.1. The molecule has 2 aromatic carbocycles. The Balaban J connectivity index is 1.47. The number of tetrazole rings is 1. The summed E-state index contributed by atoms with van der Waals surface area (Å²) < 4.78 is 24.6. The average molecular weight is 448 g/mol. The van der Waals surface area contributed by atoms with E-state index in [1.807, 2.05) is 30.3 Å². The zero-order valence-electron chi connectivity index (χ0n) is 15.3. The van der Waals surface area contributed by atoms with E-state index in [-0.39, 0.29) is 6.79 Å². The highest BCUT2D eigenvalue weighted by atomic mass is 79.9. The van der Waals surface area contributed by atoms with Gasteiger partial charge in [-0.25, -0.2) is 4.68 Å². The molecule has 0 amide bonds. The summed E-state index contributed by atoms with van der Waals surface area (Å²) in [5, 5.41) is 14.5. The summed E-state index contributed by atoms with van der Waals surface area (Å²) in [7, 11) is 3.38.